The first-order valence-corrected chi connectivity index (χ1v) is 7.77. The van der Waals surface area contributed by atoms with Crippen molar-refractivity contribution in [2.75, 3.05) is 5.32 Å². The molecule has 0 spiro atoms. The Morgan fingerprint density at radius 3 is 2.95 bits per heavy atom. The van der Waals surface area contributed by atoms with Crippen LogP contribution < -0.4 is 5.32 Å². The van der Waals surface area contributed by atoms with Crippen molar-refractivity contribution in [2.24, 2.45) is 0 Å². The second-order valence-electron chi connectivity index (χ2n) is 3.56. The Morgan fingerprint density at radius 2 is 2.26 bits per heavy atom. The van der Waals surface area contributed by atoms with Gasteiger partial charge in [0.05, 0.1) is 21.0 Å². The quantitative estimate of drug-likeness (QED) is 0.860. The zero-order chi connectivity index (χ0) is 13.8. The largest absolute Gasteiger partial charge is 0.324 e. The lowest BCUT2D eigenvalue weighted by molar-refractivity contribution is -0.115. The van der Waals surface area contributed by atoms with Crippen molar-refractivity contribution < 1.29 is 4.79 Å². The van der Waals surface area contributed by atoms with Crippen LogP contribution in [0.5, 0.6) is 0 Å². The van der Waals surface area contributed by atoms with Gasteiger partial charge < -0.3 is 5.32 Å². The van der Waals surface area contributed by atoms with Crippen LogP contribution in [-0.4, -0.2) is 21.4 Å². The van der Waals surface area contributed by atoms with Crippen molar-refractivity contribution in [1.29, 1.82) is 0 Å². The molecule has 19 heavy (non-hydrogen) atoms. The van der Waals surface area contributed by atoms with Crippen molar-refractivity contribution in [3.63, 3.8) is 0 Å². The van der Waals surface area contributed by atoms with Gasteiger partial charge >= 0.3 is 0 Å². The topological polar surface area (TPSA) is 54.9 Å². The van der Waals surface area contributed by atoms with Gasteiger partial charge in [0.15, 0.2) is 4.34 Å². The number of halogens is 2. The van der Waals surface area contributed by atoms with Gasteiger partial charge in [0.1, 0.15) is 5.51 Å². The van der Waals surface area contributed by atoms with E-state index >= 15 is 0 Å². The molecule has 0 radical (unpaired) electrons. The molecule has 0 aliphatic carbocycles. The van der Waals surface area contributed by atoms with Crippen LogP contribution in [0.2, 0.25) is 10.0 Å². The lowest BCUT2D eigenvalue weighted by Crippen LogP contribution is -2.22. The van der Waals surface area contributed by atoms with E-state index in [0.29, 0.717) is 15.7 Å². The molecule has 0 saturated carbocycles. The lowest BCUT2D eigenvalue weighted by Gasteiger charge is -2.11. The van der Waals surface area contributed by atoms with E-state index in [1.165, 1.54) is 23.1 Å². The number of nitrogens with one attached hydrogen (secondary N) is 1. The Hall–Kier alpha value is -0.820. The predicted octanol–water partition coefficient (Wildman–Crippen LogP) is 3.96. The Balaban J connectivity index is 2.02. The zero-order valence-corrected chi connectivity index (χ0v) is 12.9. The first-order valence-electron chi connectivity index (χ1n) is 5.25. The molecule has 8 heteroatoms. The summed E-state index contributed by atoms with van der Waals surface area (Å²) >= 11 is 14.6. The van der Waals surface area contributed by atoms with Crippen LogP contribution in [0.3, 0.4) is 0 Å². The molecule has 2 rings (SSSR count). The summed E-state index contributed by atoms with van der Waals surface area (Å²) in [6, 6.07) is 5.10. The van der Waals surface area contributed by atoms with Crippen LogP contribution in [-0.2, 0) is 4.79 Å². The van der Waals surface area contributed by atoms with Gasteiger partial charge in [-0.15, -0.1) is 10.2 Å². The van der Waals surface area contributed by atoms with Crippen molar-refractivity contribution in [3.8, 4) is 0 Å². The van der Waals surface area contributed by atoms with Crippen LogP contribution in [0, 0.1) is 0 Å². The highest BCUT2D eigenvalue weighted by atomic mass is 35.5. The lowest BCUT2D eigenvalue weighted by atomic mass is 10.3. The van der Waals surface area contributed by atoms with Gasteiger partial charge in [-0.1, -0.05) is 52.4 Å². The average molecular weight is 334 g/mol. The molecular formula is C11H9Cl2N3OS2. The molecule has 0 aliphatic rings. The SMILES string of the molecule is CC(Sc1nncs1)C(=O)Nc1cccc(Cl)c1Cl. The molecule has 1 heterocycles. The predicted molar refractivity (Wildman–Crippen MR) is 80.3 cm³/mol. The molecule has 1 N–H and O–H groups in total. The first kappa shape index (κ1) is 14.6. The number of aromatic nitrogens is 2. The third-order valence-electron chi connectivity index (χ3n) is 2.20. The number of nitrogens with zero attached hydrogens (tertiary/aromatic N) is 2. The number of carbonyl (C=O) groups excluding carboxylic acids is 1. The summed E-state index contributed by atoms with van der Waals surface area (Å²) in [7, 11) is 0. The summed E-state index contributed by atoms with van der Waals surface area (Å²) in [6.45, 7) is 1.79. The van der Waals surface area contributed by atoms with Gasteiger partial charge in [0, 0.05) is 0 Å². The molecule has 1 amide bonds. The molecule has 1 unspecified atom stereocenters. The Bertz CT molecular complexity index is 577. The van der Waals surface area contributed by atoms with Crippen molar-refractivity contribution in [3.05, 3.63) is 33.8 Å². The van der Waals surface area contributed by atoms with E-state index in [1.54, 1.807) is 30.6 Å². The number of amides is 1. The van der Waals surface area contributed by atoms with E-state index in [1.807, 2.05) is 0 Å². The van der Waals surface area contributed by atoms with E-state index in [9.17, 15) is 4.79 Å². The summed E-state index contributed by atoms with van der Waals surface area (Å²) in [5.74, 6) is -0.163. The number of benzene rings is 1. The maximum absolute atomic E-state index is 12.0. The minimum atomic E-state index is -0.303. The maximum Gasteiger partial charge on any atom is 0.237 e. The molecule has 1 aromatic heterocycles. The summed E-state index contributed by atoms with van der Waals surface area (Å²) in [5, 5.41) is 10.8. The number of carbonyl (C=O) groups is 1. The summed E-state index contributed by atoms with van der Waals surface area (Å²) in [6.07, 6.45) is 0. The molecular weight excluding hydrogens is 325 g/mol. The Morgan fingerprint density at radius 1 is 1.47 bits per heavy atom. The standard InChI is InChI=1S/C11H9Cl2N3OS2/c1-6(19-11-16-14-5-18-11)10(17)15-8-4-2-3-7(12)9(8)13/h2-6H,1H3,(H,15,17). The monoisotopic (exact) mass is 333 g/mol. The second kappa shape index (κ2) is 6.56. The Kier molecular flexibility index (Phi) is 5.04. The van der Waals surface area contributed by atoms with Crippen LogP contribution in [0.4, 0.5) is 5.69 Å². The number of hydrogen-bond donors (Lipinski definition) is 1. The van der Waals surface area contributed by atoms with Crippen molar-refractivity contribution in [1.82, 2.24) is 10.2 Å². The minimum absolute atomic E-state index is 0.163. The van der Waals surface area contributed by atoms with Crippen LogP contribution in [0.15, 0.2) is 28.0 Å². The zero-order valence-electron chi connectivity index (χ0n) is 9.76. The highest BCUT2D eigenvalue weighted by Gasteiger charge is 2.17. The average Bonchev–Trinajstić information content (AvgIpc) is 2.87. The van der Waals surface area contributed by atoms with Gasteiger partial charge in [-0.3, -0.25) is 4.79 Å². The highest BCUT2D eigenvalue weighted by molar-refractivity contribution is 8.02. The molecule has 0 fully saturated rings. The van der Waals surface area contributed by atoms with E-state index in [-0.39, 0.29) is 11.2 Å². The van der Waals surface area contributed by atoms with Crippen LogP contribution in [0.1, 0.15) is 6.92 Å². The molecule has 0 bridgehead atoms. The summed E-state index contributed by atoms with van der Waals surface area (Å²) < 4.78 is 0.750. The maximum atomic E-state index is 12.0. The summed E-state index contributed by atoms with van der Waals surface area (Å²) in [4.78, 5) is 12.0. The fourth-order valence-electron chi connectivity index (χ4n) is 1.25. The Labute approximate surface area is 128 Å². The minimum Gasteiger partial charge on any atom is -0.324 e. The molecule has 2 aromatic rings. The van der Waals surface area contributed by atoms with Gasteiger partial charge in [-0.05, 0) is 19.1 Å². The molecule has 0 aliphatic heterocycles. The normalized spacial score (nSPS) is 12.2. The fraction of sp³-hybridized carbons (Fsp3) is 0.182. The van der Waals surface area contributed by atoms with Crippen molar-refractivity contribution >= 4 is 57.9 Å². The smallest absolute Gasteiger partial charge is 0.237 e. The molecule has 4 nitrogen and oxygen atoms in total. The van der Waals surface area contributed by atoms with Crippen molar-refractivity contribution in [2.45, 2.75) is 16.5 Å². The van der Waals surface area contributed by atoms with Crippen LogP contribution >= 0.6 is 46.3 Å². The molecule has 100 valence electrons. The fourth-order valence-corrected chi connectivity index (χ4v) is 3.23. The third kappa shape index (κ3) is 3.82. The number of anilines is 1. The highest BCUT2D eigenvalue weighted by Crippen LogP contribution is 2.31. The van der Waals surface area contributed by atoms with E-state index in [4.69, 9.17) is 23.2 Å². The number of hydrogen-bond acceptors (Lipinski definition) is 5. The third-order valence-corrected chi connectivity index (χ3v) is 4.93. The molecule has 1 aromatic carbocycles. The van der Waals surface area contributed by atoms with Gasteiger partial charge in [-0.25, -0.2) is 0 Å². The van der Waals surface area contributed by atoms with Gasteiger partial charge in [0.2, 0.25) is 5.91 Å². The van der Waals surface area contributed by atoms with E-state index in [0.717, 1.165) is 4.34 Å². The summed E-state index contributed by atoms with van der Waals surface area (Å²) in [5.41, 5.74) is 2.13. The van der Waals surface area contributed by atoms with E-state index in [2.05, 4.69) is 15.5 Å². The second-order valence-corrected chi connectivity index (χ2v) is 6.76. The number of rotatable bonds is 4. The number of thioether (sulfide) groups is 1. The van der Waals surface area contributed by atoms with Gasteiger partial charge in [0.25, 0.3) is 0 Å². The molecule has 0 saturated heterocycles. The first-order chi connectivity index (χ1) is 9.08. The van der Waals surface area contributed by atoms with E-state index < -0.39 is 0 Å². The van der Waals surface area contributed by atoms with Crippen LogP contribution in [0.25, 0.3) is 0 Å². The molecule has 1 atom stereocenters. The van der Waals surface area contributed by atoms with Gasteiger partial charge in [-0.2, -0.15) is 0 Å².